The van der Waals surface area contributed by atoms with E-state index in [9.17, 15) is 0 Å². The summed E-state index contributed by atoms with van der Waals surface area (Å²) < 4.78 is 0.877. The summed E-state index contributed by atoms with van der Waals surface area (Å²) in [7, 11) is 0. The van der Waals surface area contributed by atoms with Gasteiger partial charge in [-0.3, -0.25) is 0 Å². The predicted octanol–water partition coefficient (Wildman–Crippen LogP) is 6.77. The largest absolute Gasteiger partial charge is 0.113 e. The van der Waals surface area contributed by atoms with Crippen LogP contribution in [0.5, 0.6) is 0 Å². The Hall–Kier alpha value is -0.500. The molecular formula is C17H17BrCl2. The second-order valence-corrected chi connectivity index (χ2v) is 6.52. The Labute approximate surface area is 139 Å². The Kier molecular flexibility index (Phi) is 5.95. The molecule has 0 amide bonds. The molecule has 106 valence electrons. The lowest BCUT2D eigenvalue weighted by atomic mass is 10.0. The molecule has 0 nitrogen and oxygen atoms in total. The van der Waals surface area contributed by atoms with Gasteiger partial charge in [0, 0.05) is 4.47 Å². The summed E-state index contributed by atoms with van der Waals surface area (Å²) in [5.41, 5.74) is 3.37. The molecule has 0 heterocycles. The first kappa shape index (κ1) is 15.9. The number of halogens is 3. The van der Waals surface area contributed by atoms with E-state index in [1.807, 2.05) is 18.2 Å². The SMILES string of the molecule is CCCCc1ccc(C(Cl)c2cccc(Br)c2Cl)cc1. The Morgan fingerprint density at radius 2 is 1.80 bits per heavy atom. The minimum Gasteiger partial charge on any atom is -0.113 e. The van der Waals surface area contributed by atoms with Crippen molar-refractivity contribution in [1.29, 1.82) is 0 Å². The number of aryl methyl sites for hydroxylation is 1. The minimum absolute atomic E-state index is 0.222. The first-order chi connectivity index (χ1) is 9.63. The number of rotatable bonds is 5. The van der Waals surface area contributed by atoms with Crippen LogP contribution in [0.3, 0.4) is 0 Å². The average Bonchev–Trinajstić information content (AvgIpc) is 2.48. The van der Waals surface area contributed by atoms with E-state index in [1.54, 1.807) is 0 Å². The van der Waals surface area contributed by atoms with Gasteiger partial charge in [0.1, 0.15) is 0 Å². The maximum Gasteiger partial charge on any atom is 0.0850 e. The van der Waals surface area contributed by atoms with Gasteiger partial charge in [-0.2, -0.15) is 0 Å². The van der Waals surface area contributed by atoms with Crippen LogP contribution in [0.1, 0.15) is 41.8 Å². The molecule has 0 aromatic heterocycles. The maximum absolute atomic E-state index is 6.56. The molecule has 3 heteroatoms. The molecule has 0 aliphatic heterocycles. The van der Waals surface area contributed by atoms with E-state index in [2.05, 4.69) is 47.1 Å². The van der Waals surface area contributed by atoms with Crippen LogP contribution in [0.15, 0.2) is 46.9 Å². The molecule has 0 spiro atoms. The zero-order valence-corrected chi connectivity index (χ0v) is 14.5. The van der Waals surface area contributed by atoms with Crippen molar-refractivity contribution in [3.05, 3.63) is 68.7 Å². The van der Waals surface area contributed by atoms with Crippen molar-refractivity contribution >= 4 is 39.1 Å². The van der Waals surface area contributed by atoms with E-state index in [-0.39, 0.29) is 5.38 Å². The van der Waals surface area contributed by atoms with Gasteiger partial charge in [0.15, 0.2) is 0 Å². The van der Waals surface area contributed by atoms with E-state index in [1.165, 1.54) is 18.4 Å². The molecule has 0 aliphatic rings. The van der Waals surface area contributed by atoms with Crippen molar-refractivity contribution in [2.75, 3.05) is 0 Å². The van der Waals surface area contributed by atoms with Crippen LogP contribution >= 0.6 is 39.1 Å². The highest BCUT2D eigenvalue weighted by Gasteiger charge is 2.15. The van der Waals surface area contributed by atoms with Crippen molar-refractivity contribution < 1.29 is 0 Å². The molecule has 0 saturated heterocycles. The molecule has 2 rings (SSSR count). The Bertz CT molecular complexity index is 564. The fraction of sp³-hybridized carbons (Fsp3) is 0.294. The second kappa shape index (κ2) is 7.49. The minimum atomic E-state index is -0.222. The number of hydrogen-bond acceptors (Lipinski definition) is 0. The van der Waals surface area contributed by atoms with Gasteiger partial charge < -0.3 is 0 Å². The van der Waals surface area contributed by atoms with Crippen LogP contribution in [-0.4, -0.2) is 0 Å². The Balaban J connectivity index is 2.20. The standard InChI is InChI=1S/C17H17BrCl2/c1-2-3-5-12-8-10-13(11-9-12)16(19)14-6-4-7-15(18)17(14)20/h4,6-11,16H,2-3,5H2,1H3. The van der Waals surface area contributed by atoms with Gasteiger partial charge in [0.2, 0.25) is 0 Å². The zero-order chi connectivity index (χ0) is 14.5. The number of hydrogen-bond donors (Lipinski definition) is 0. The molecule has 0 N–H and O–H groups in total. The van der Waals surface area contributed by atoms with Crippen molar-refractivity contribution in [2.24, 2.45) is 0 Å². The van der Waals surface area contributed by atoms with Gasteiger partial charge in [-0.15, -0.1) is 11.6 Å². The molecular weight excluding hydrogens is 355 g/mol. The molecule has 2 aromatic carbocycles. The Morgan fingerprint density at radius 3 is 2.45 bits per heavy atom. The van der Waals surface area contributed by atoms with Crippen LogP contribution in [0.4, 0.5) is 0 Å². The summed E-state index contributed by atoms with van der Waals surface area (Å²) >= 11 is 16.3. The predicted molar refractivity (Wildman–Crippen MR) is 91.9 cm³/mol. The molecule has 0 aliphatic carbocycles. The van der Waals surface area contributed by atoms with E-state index >= 15 is 0 Å². The molecule has 0 radical (unpaired) electrons. The van der Waals surface area contributed by atoms with Crippen LogP contribution in [0, 0.1) is 0 Å². The van der Waals surface area contributed by atoms with Gasteiger partial charge in [-0.25, -0.2) is 0 Å². The van der Waals surface area contributed by atoms with E-state index in [0.717, 1.165) is 22.0 Å². The summed E-state index contributed by atoms with van der Waals surface area (Å²) in [6, 6.07) is 14.4. The Morgan fingerprint density at radius 1 is 1.10 bits per heavy atom. The van der Waals surface area contributed by atoms with Crippen molar-refractivity contribution in [2.45, 2.75) is 31.6 Å². The molecule has 20 heavy (non-hydrogen) atoms. The lowest BCUT2D eigenvalue weighted by Crippen LogP contribution is -1.95. The van der Waals surface area contributed by atoms with Gasteiger partial charge in [-0.05, 0) is 51.5 Å². The molecule has 0 fully saturated rings. The molecule has 0 saturated carbocycles. The third-order valence-corrected chi connectivity index (χ3v) is 5.14. The topological polar surface area (TPSA) is 0 Å². The van der Waals surface area contributed by atoms with E-state index in [0.29, 0.717) is 5.02 Å². The second-order valence-electron chi connectivity index (χ2n) is 4.85. The summed E-state index contributed by atoms with van der Waals surface area (Å²) in [5.74, 6) is 0. The van der Waals surface area contributed by atoms with Crippen LogP contribution in [-0.2, 0) is 6.42 Å². The third kappa shape index (κ3) is 3.78. The average molecular weight is 372 g/mol. The normalized spacial score (nSPS) is 12.4. The monoisotopic (exact) mass is 370 g/mol. The maximum atomic E-state index is 6.56. The quantitative estimate of drug-likeness (QED) is 0.508. The van der Waals surface area contributed by atoms with Crippen LogP contribution in [0.2, 0.25) is 5.02 Å². The fourth-order valence-corrected chi connectivity index (χ4v) is 3.13. The highest BCUT2D eigenvalue weighted by Crippen LogP contribution is 2.37. The molecule has 2 aromatic rings. The van der Waals surface area contributed by atoms with Crippen molar-refractivity contribution in [3.8, 4) is 0 Å². The molecule has 1 unspecified atom stereocenters. The van der Waals surface area contributed by atoms with Crippen molar-refractivity contribution in [3.63, 3.8) is 0 Å². The number of unbranched alkanes of at least 4 members (excludes halogenated alkanes) is 1. The summed E-state index contributed by atoms with van der Waals surface area (Å²) in [5, 5.41) is 0.461. The molecule has 0 bridgehead atoms. The van der Waals surface area contributed by atoms with Crippen molar-refractivity contribution in [1.82, 2.24) is 0 Å². The van der Waals surface area contributed by atoms with Crippen LogP contribution < -0.4 is 0 Å². The lowest BCUT2D eigenvalue weighted by molar-refractivity contribution is 0.794. The zero-order valence-electron chi connectivity index (χ0n) is 11.4. The lowest BCUT2D eigenvalue weighted by Gasteiger charge is -2.13. The smallest absolute Gasteiger partial charge is 0.0850 e. The number of alkyl halides is 1. The van der Waals surface area contributed by atoms with E-state index < -0.39 is 0 Å². The first-order valence-corrected chi connectivity index (χ1v) is 8.41. The highest BCUT2D eigenvalue weighted by molar-refractivity contribution is 9.10. The highest BCUT2D eigenvalue weighted by atomic mass is 79.9. The summed E-state index contributed by atoms with van der Waals surface area (Å²) in [6.45, 7) is 2.21. The van der Waals surface area contributed by atoms with Gasteiger partial charge in [0.05, 0.1) is 10.4 Å². The van der Waals surface area contributed by atoms with Gasteiger partial charge >= 0.3 is 0 Å². The van der Waals surface area contributed by atoms with Gasteiger partial charge in [0.25, 0.3) is 0 Å². The number of benzene rings is 2. The first-order valence-electron chi connectivity index (χ1n) is 6.80. The molecule has 1 atom stereocenters. The summed E-state index contributed by atoms with van der Waals surface area (Å²) in [6.07, 6.45) is 3.57. The fourth-order valence-electron chi connectivity index (χ4n) is 2.13. The summed E-state index contributed by atoms with van der Waals surface area (Å²) in [4.78, 5) is 0. The third-order valence-electron chi connectivity index (χ3n) is 3.35. The van der Waals surface area contributed by atoms with E-state index in [4.69, 9.17) is 23.2 Å². The van der Waals surface area contributed by atoms with Crippen LogP contribution in [0.25, 0.3) is 0 Å². The van der Waals surface area contributed by atoms with Gasteiger partial charge in [-0.1, -0.05) is 61.3 Å².